The summed E-state index contributed by atoms with van der Waals surface area (Å²) in [7, 11) is 0. The molecule has 1 rings (SSSR count). The van der Waals surface area contributed by atoms with E-state index < -0.39 is 0 Å². The maximum atomic E-state index is 8.60. The van der Waals surface area contributed by atoms with Crippen LogP contribution in [0.2, 0.25) is 0 Å². The molecular weight excluding hydrogens is 194 g/mol. The van der Waals surface area contributed by atoms with E-state index in [4.69, 9.17) is 5.11 Å². The van der Waals surface area contributed by atoms with Crippen molar-refractivity contribution in [2.45, 2.75) is 20.3 Å². The predicted octanol–water partition coefficient (Wildman–Crippen LogP) is 1.69. The Bertz CT molecular complexity index is 146. The number of rotatable bonds is 7. The Hall–Kier alpha value is 0.270. The monoisotopic (exact) mass is 217 g/mol. The standard InChI is InChI=1S/C11H23NOS/c1-10(2)11-8-12(9-11)4-7-14-6-3-5-13/h10-11,13H,3-9H2,1-2H3. The van der Waals surface area contributed by atoms with Crippen LogP contribution in [0.4, 0.5) is 0 Å². The summed E-state index contributed by atoms with van der Waals surface area (Å²) in [6.45, 7) is 8.82. The fourth-order valence-electron chi connectivity index (χ4n) is 1.68. The number of likely N-dealkylation sites (tertiary alicyclic amines) is 1. The minimum absolute atomic E-state index is 0.339. The second-order valence-corrected chi connectivity index (χ2v) is 5.68. The van der Waals surface area contributed by atoms with Gasteiger partial charge in [-0.2, -0.15) is 11.8 Å². The van der Waals surface area contributed by atoms with Gasteiger partial charge in [0, 0.05) is 32.0 Å². The molecule has 1 aliphatic heterocycles. The van der Waals surface area contributed by atoms with Gasteiger partial charge in [-0.1, -0.05) is 13.8 Å². The van der Waals surface area contributed by atoms with Crippen molar-refractivity contribution in [2.24, 2.45) is 11.8 Å². The molecule has 1 saturated heterocycles. The third-order valence-electron chi connectivity index (χ3n) is 2.93. The summed E-state index contributed by atoms with van der Waals surface area (Å²) in [6.07, 6.45) is 0.944. The van der Waals surface area contributed by atoms with Crippen LogP contribution >= 0.6 is 11.8 Å². The Kier molecular flexibility index (Phi) is 5.90. The molecule has 0 amide bonds. The molecule has 1 fully saturated rings. The van der Waals surface area contributed by atoms with Gasteiger partial charge in [0.25, 0.3) is 0 Å². The minimum Gasteiger partial charge on any atom is -0.396 e. The molecule has 2 nitrogen and oxygen atoms in total. The van der Waals surface area contributed by atoms with Crippen molar-refractivity contribution in [3.63, 3.8) is 0 Å². The van der Waals surface area contributed by atoms with Gasteiger partial charge in [0.05, 0.1) is 0 Å². The van der Waals surface area contributed by atoms with Gasteiger partial charge in [-0.15, -0.1) is 0 Å². The zero-order chi connectivity index (χ0) is 10.4. The van der Waals surface area contributed by atoms with Crippen molar-refractivity contribution >= 4 is 11.8 Å². The molecule has 0 bridgehead atoms. The lowest BCUT2D eigenvalue weighted by Crippen LogP contribution is -2.49. The lowest BCUT2D eigenvalue weighted by Gasteiger charge is -2.41. The Morgan fingerprint density at radius 2 is 2.07 bits per heavy atom. The fourth-order valence-corrected chi connectivity index (χ4v) is 2.60. The van der Waals surface area contributed by atoms with Crippen LogP contribution in [0, 0.1) is 11.8 Å². The van der Waals surface area contributed by atoms with Gasteiger partial charge in [0.15, 0.2) is 0 Å². The number of aliphatic hydroxyl groups excluding tert-OH is 1. The molecule has 0 aromatic carbocycles. The van der Waals surface area contributed by atoms with Gasteiger partial charge in [-0.25, -0.2) is 0 Å². The van der Waals surface area contributed by atoms with Crippen molar-refractivity contribution in [1.82, 2.24) is 4.90 Å². The second-order valence-electron chi connectivity index (χ2n) is 4.45. The lowest BCUT2D eigenvalue weighted by atomic mass is 9.89. The van der Waals surface area contributed by atoms with E-state index in [2.05, 4.69) is 18.7 Å². The summed E-state index contributed by atoms with van der Waals surface area (Å²) in [5.41, 5.74) is 0. The van der Waals surface area contributed by atoms with E-state index in [1.165, 1.54) is 25.4 Å². The van der Waals surface area contributed by atoms with E-state index in [0.717, 1.165) is 24.0 Å². The van der Waals surface area contributed by atoms with Crippen molar-refractivity contribution in [2.75, 3.05) is 37.7 Å². The van der Waals surface area contributed by atoms with E-state index in [1.807, 2.05) is 11.8 Å². The molecule has 14 heavy (non-hydrogen) atoms. The zero-order valence-electron chi connectivity index (χ0n) is 9.41. The van der Waals surface area contributed by atoms with Crippen LogP contribution in [0.1, 0.15) is 20.3 Å². The predicted molar refractivity (Wildman–Crippen MR) is 63.8 cm³/mol. The molecule has 0 unspecified atom stereocenters. The van der Waals surface area contributed by atoms with Crippen LogP contribution in [0.15, 0.2) is 0 Å². The summed E-state index contributed by atoms with van der Waals surface area (Å²) < 4.78 is 0. The smallest absolute Gasteiger partial charge is 0.0438 e. The van der Waals surface area contributed by atoms with Gasteiger partial charge in [0.2, 0.25) is 0 Å². The van der Waals surface area contributed by atoms with Crippen LogP contribution in [0.25, 0.3) is 0 Å². The molecule has 0 radical (unpaired) electrons. The van der Waals surface area contributed by atoms with E-state index in [0.29, 0.717) is 6.61 Å². The second kappa shape index (κ2) is 6.70. The summed E-state index contributed by atoms with van der Waals surface area (Å²) in [6, 6.07) is 0. The van der Waals surface area contributed by atoms with Crippen molar-refractivity contribution < 1.29 is 5.11 Å². The zero-order valence-corrected chi connectivity index (χ0v) is 10.2. The maximum absolute atomic E-state index is 8.60. The Labute approximate surface area is 92.1 Å². The van der Waals surface area contributed by atoms with Gasteiger partial charge >= 0.3 is 0 Å². The van der Waals surface area contributed by atoms with Gasteiger partial charge in [-0.05, 0) is 24.0 Å². The Morgan fingerprint density at radius 3 is 2.64 bits per heavy atom. The molecule has 0 aromatic heterocycles. The normalized spacial score (nSPS) is 18.9. The number of thioether (sulfide) groups is 1. The number of hydrogen-bond donors (Lipinski definition) is 1. The summed E-state index contributed by atoms with van der Waals surface area (Å²) in [4.78, 5) is 2.54. The molecule has 1 heterocycles. The highest BCUT2D eigenvalue weighted by Gasteiger charge is 2.27. The number of hydrogen-bond acceptors (Lipinski definition) is 3. The fraction of sp³-hybridized carbons (Fsp3) is 1.00. The molecular formula is C11H23NOS. The highest BCUT2D eigenvalue weighted by atomic mass is 32.2. The first-order chi connectivity index (χ1) is 6.74. The van der Waals surface area contributed by atoms with E-state index >= 15 is 0 Å². The Morgan fingerprint density at radius 1 is 1.36 bits per heavy atom. The first-order valence-electron chi connectivity index (χ1n) is 5.65. The molecule has 1 N–H and O–H groups in total. The van der Waals surface area contributed by atoms with Crippen LogP contribution in [0.3, 0.4) is 0 Å². The first kappa shape index (κ1) is 12.3. The minimum atomic E-state index is 0.339. The summed E-state index contributed by atoms with van der Waals surface area (Å²) >= 11 is 1.96. The van der Waals surface area contributed by atoms with E-state index in [9.17, 15) is 0 Å². The molecule has 0 saturated carbocycles. The van der Waals surface area contributed by atoms with Crippen LogP contribution in [-0.2, 0) is 0 Å². The summed E-state index contributed by atoms with van der Waals surface area (Å²) in [5.74, 6) is 4.13. The largest absolute Gasteiger partial charge is 0.396 e. The van der Waals surface area contributed by atoms with Crippen LogP contribution in [0.5, 0.6) is 0 Å². The van der Waals surface area contributed by atoms with E-state index in [1.54, 1.807) is 0 Å². The van der Waals surface area contributed by atoms with Crippen LogP contribution in [-0.4, -0.2) is 47.8 Å². The van der Waals surface area contributed by atoms with Crippen molar-refractivity contribution in [1.29, 1.82) is 0 Å². The molecule has 3 heteroatoms. The topological polar surface area (TPSA) is 23.5 Å². The molecule has 0 spiro atoms. The van der Waals surface area contributed by atoms with Gasteiger partial charge in [-0.3, -0.25) is 0 Å². The molecule has 0 atom stereocenters. The number of aliphatic hydroxyl groups is 1. The SMILES string of the molecule is CC(C)C1CN(CCSCCCO)C1. The lowest BCUT2D eigenvalue weighted by molar-refractivity contribution is 0.0756. The Balaban J connectivity index is 1.86. The van der Waals surface area contributed by atoms with E-state index in [-0.39, 0.29) is 0 Å². The highest BCUT2D eigenvalue weighted by Crippen LogP contribution is 2.23. The molecule has 1 aliphatic rings. The van der Waals surface area contributed by atoms with Crippen molar-refractivity contribution in [3.05, 3.63) is 0 Å². The summed E-state index contributed by atoms with van der Waals surface area (Å²) in [5, 5.41) is 8.60. The first-order valence-corrected chi connectivity index (χ1v) is 6.80. The number of nitrogens with zero attached hydrogens (tertiary/aromatic N) is 1. The molecule has 0 aliphatic carbocycles. The van der Waals surface area contributed by atoms with Gasteiger partial charge < -0.3 is 10.0 Å². The highest BCUT2D eigenvalue weighted by molar-refractivity contribution is 7.99. The average molecular weight is 217 g/mol. The third kappa shape index (κ3) is 4.20. The van der Waals surface area contributed by atoms with Crippen molar-refractivity contribution in [3.8, 4) is 0 Å². The maximum Gasteiger partial charge on any atom is 0.0438 e. The molecule has 0 aromatic rings. The average Bonchev–Trinajstić information content (AvgIpc) is 2.06. The molecule has 84 valence electrons. The third-order valence-corrected chi connectivity index (χ3v) is 3.98. The van der Waals surface area contributed by atoms with Gasteiger partial charge in [0.1, 0.15) is 0 Å². The van der Waals surface area contributed by atoms with Crippen LogP contribution < -0.4 is 0 Å². The quantitative estimate of drug-likeness (QED) is 0.657.